The lowest BCUT2D eigenvalue weighted by Gasteiger charge is -2.28. The van der Waals surface area contributed by atoms with Crippen molar-refractivity contribution in [2.24, 2.45) is 0 Å². The Hall–Kier alpha value is -1.36. The van der Waals surface area contributed by atoms with E-state index in [1.54, 1.807) is 30.0 Å². The lowest BCUT2D eigenvalue weighted by Crippen LogP contribution is -2.31. The van der Waals surface area contributed by atoms with Crippen LogP contribution in [0.2, 0.25) is 0 Å². The van der Waals surface area contributed by atoms with Crippen LogP contribution in [0.5, 0.6) is 0 Å². The van der Waals surface area contributed by atoms with E-state index < -0.39 is 0 Å². The minimum atomic E-state index is -0.345. The van der Waals surface area contributed by atoms with Crippen LogP contribution in [0.25, 0.3) is 0 Å². The summed E-state index contributed by atoms with van der Waals surface area (Å²) in [5, 5.41) is 0. The predicted octanol–water partition coefficient (Wildman–Crippen LogP) is 2.24. The van der Waals surface area contributed by atoms with E-state index in [-0.39, 0.29) is 5.97 Å². The molecule has 0 spiro atoms. The summed E-state index contributed by atoms with van der Waals surface area (Å²) in [5.41, 5.74) is 8.01. The van der Waals surface area contributed by atoms with Crippen molar-refractivity contribution in [1.82, 2.24) is 0 Å². The van der Waals surface area contributed by atoms with Crippen LogP contribution in [0.15, 0.2) is 18.2 Å². The van der Waals surface area contributed by atoms with Gasteiger partial charge in [-0.05, 0) is 31.4 Å². The minimum Gasteiger partial charge on any atom is -0.465 e. The number of thioether (sulfide) groups is 1. The van der Waals surface area contributed by atoms with Crippen molar-refractivity contribution >= 4 is 29.1 Å². The van der Waals surface area contributed by atoms with Gasteiger partial charge in [0.2, 0.25) is 0 Å². The molecule has 0 saturated carbocycles. The second kappa shape index (κ2) is 6.54. The zero-order valence-corrected chi connectivity index (χ0v) is 12.1. The number of esters is 1. The smallest absolute Gasteiger partial charge is 0.337 e. The molecule has 1 rings (SSSR count). The molecule has 0 radical (unpaired) electrons. The number of carbonyl (C=O) groups excluding carboxylic acids is 1. The molecule has 0 fully saturated rings. The molecule has 0 aliphatic carbocycles. The molecule has 4 nitrogen and oxygen atoms in total. The molecule has 1 aromatic rings. The Kier molecular flexibility index (Phi) is 5.34. The van der Waals surface area contributed by atoms with Crippen molar-refractivity contribution in [1.29, 1.82) is 0 Å². The van der Waals surface area contributed by atoms with Gasteiger partial charge in [0, 0.05) is 18.8 Å². The highest BCUT2D eigenvalue weighted by Gasteiger charge is 2.15. The summed E-state index contributed by atoms with van der Waals surface area (Å²) in [7, 11) is 3.35. The number of hydrogen-bond acceptors (Lipinski definition) is 5. The van der Waals surface area contributed by atoms with Crippen molar-refractivity contribution in [3.05, 3.63) is 23.8 Å². The monoisotopic (exact) mass is 268 g/mol. The molecule has 100 valence electrons. The summed E-state index contributed by atoms with van der Waals surface area (Å²) in [6, 6.07) is 5.54. The number of carbonyl (C=O) groups is 1. The Bertz CT molecular complexity index is 423. The summed E-state index contributed by atoms with van der Waals surface area (Å²) < 4.78 is 4.72. The maximum Gasteiger partial charge on any atom is 0.337 e. The van der Waals surface area contributed by atoms with E-state index in [0.717, 1.165) is 11.4 Å². The van der Waals surface area contributed by atoms with Crippen LogP contribution in [0.3, 0.4) is 0 Å². The maximum absolute atomic E-state index is 11.5. The van der Waals surface area contributed by atoms with Crippen LogP contribution in [-0.2, 0) is 4.74 Å². The van der Waals surface area contributed by atoms with Gasteiger partial charge in [-0.15, -0.1) is 0 Å². The van der Waals surface area contributed by atoms with Crippen LogP contribution in [-0.4, -0.2) is 38.2 Å². The third kappa shape index (κ3) is 3.32. The fraction of sp³-hybridized carbons (Fsp3) is 0.462. The number of methoxy groups -OCH3 is 1. The predicted molar refractivity (Wildman–Crippen MR) is 78.4 cm³/mol. The van der Waals surface area contributed by atoms with E-state index in [9.17, 15) is 4.79 Å². The molecule has 0 heterocycles. The van der Waals surface area contributed by atoms with Gasteiger partial charge < -0.3 is 15.4 Å². The number of rotatable bonds is 5. The molecule has 0 amide bonds. The molecule has 0 saturated heterocycles. The topological polar surface area (TPSA) is 55.6 Å². The molecule has 0 aliphatic rings. The highest BCUT2D eigenvalue weighted by Crippen LogP contribution is 2.26. The Labute approximate surface area is 112 Å². The summed E-state index contributed by atoms with van der Waals surface area (Å²) in [6.45, 7) is 2.13. The normalized spacial score (nSPS) is 12.0. The summed E-state index contributed by atoms with van der Waals surface area (Å²) in [5.74, 6) is 0.653. The summed E-state index contributed by atoms with van der Waals surface area (Å²) >= 11 is 1.78. The van der Waals surface area contributed by atoms with Crippen LogP contribution < -0.4 is 10.6 Å². The fourth-order valence-corrected chi connectivity index (χ4v) is 2.39. The van der Waals surface area contributed by atoms with Gasteiger partial charge in [-0.2, -0.15) is 11.8 Å². The van der Waals surface area contributed by atoms with Crippen molar-refractivity contribution in [2.45, 2.75) is 13.0 Å². The summed E-state index contributed by atoms with van der Waals surface area (Å²) in [4.78, 5) is 13.6. The van der Waals surface area contributed by atoms with E-state index in [4.69, 9.17) is 10.5 Å². The van der Waals surface area contributed by atoms with Gasteiger partial charge >= 0.3 is 5.97 Å². The molecule has 0 bridgehead atoms. The first-order valence-corrected chi connectivity index (χ1v) is 7.10. The van der Waals surface area contributed by atoms with Crippen molar-refractivity contribution < 1.29 is 9.53 Å². The van der Waals surface area contributed by atoms with Gasteiger partial charge in [-0.3, -0.25) is 0 Å². The number of benzene rings is 1. The Morgan fingerprint density at radius 2 is 2.22 bits per heavy atom. The van der Waals surface area contributed by atoms with Gasteiger partial charge in [-0.25, -0.2) is 4.79 Å². The van der Waals surface area contributed by atoms with Gasteiger partial charge in [0.15, 0.2) is 0 Å². The average molecular weight is 268 g/mol. The SMILES string of the molecule is COC(=O)c1ccc(N)c(N(C)C(C)CSC)c1. The Morgan fingerprint density at radius 1 is 1.56 bits per heavy atom. The lowest BCUT2D eigenvalue weighted by atomic mass is 10.1. The van der Waals surface area contributed by atoms with E-state index in [2.05, 4.69) is 18.1 Å². The van der Waals surface area contributed by atoms with Crippen LogP contribution in [0.1, 0.15) is 17.3 Å². The minimum absolute atomic E-state index is 0.343. The number of nitrogens with two attached hydrogens (primary N) is 1. The summed E-state index contributed by atoms with van der Waals surface area (Å²) in [6.07, 6.45) is 2.07. The van der Waals surface area contributed by atoms with E-state index in [1.807, 2.05) is 7.05 Å². The molecule has 1 atom stereocenters. The van der Waals surface area contributed by atoms with Crippen molar-refractivity contribution in [3.8, 4) is 0 Å². The van der Waals surface area contributed by atoms with Crippen LogP contribution >= 0.6 is 11.8 Å². The second-order valence-corrected chi connectivity index (χ2v) is 5.09. The lowest BCUT2D eigenvalue weighted by molar-refractivity contribution is 0.0601. The third-order valence-electron chi connectivity index (χ3n) is 2.90. The zero-order chi connectivity index (χ0) is 13.7. The Morgan fingerprint density at radius 3 is 2.78 bits per heavy atom. The molecule has 1 aromatic carbocycles. The first-order chi connectivity index (χ1) is 8.51. The van der Waals surface area contributed by atoms with Crippen LogP contribution in [0.4, 0.5) is 11.4 Å². The molecule has 5 heteroatoms. The highest BCUT2D eigenvalue weighted by molar-refractivity contribution is 7.98. The van der Waals surface area contributed by atoms with Gasteiger partial charge in [0.1, 0.15) is 0 Å². The second-order valence-electron chi connectivity index (χ2n) is 4.18. The van der Waals surface area contributed by atoms with Crippen molar-refractivity contribution in [3.63, 3.8) is 0 Å². The maximum atomic E-state index is 11.5. The number of hydrogen-bond donors (Lipinski definition) is 1. The van der Waals surface area contributed by atoms with E-state index in [0.29, 0.717) is 17.3 Å². The Balaban J connectivity index is 3.03. The molecular formula is C13H20N2O2S. The number of nitrogen functional groups attached to an aromatic ring is 1. The average Bonchev–Trinajstić information content (AvgIpc) is 2.37. The number of anilines is 2. The number of nitrogens with zero attached hydrogens (tertiary/aromatic N) is 1. The molecule has 2 N–H and O–H groups in total. The standard InChI is InChI=1S/C13H20N2O2S/c1-9(8-18-4)15(2)12-7-10(13(16)17-3)5-6-11(12)14/h5-7,9H,8,14H2,1-4H3. The van der Waals surface area contributed by atoms with Gasteiger partial charge in [0.25, 0.3) is 0 Å². The zero-order valence-electron chi connectivity index (χ0n) is 11.3. The molecule has 0 aromatic heterocycles. The molecular weight excluding hydrogens is 248 g/mol. The van der Waals surface area contributed by atoms with Gasteiger partial charge in [0.05, 0.1) is 24.0 Å². The highest BCUT2D eigenvalue weighted by atomic mass is 32.2. The quantitative estimate of drug-likeness (QED) is 0.655. The third-order valence-corrected chi connectivity index (χ3v) is 3.72. The molecule has 18 heavy (non-hydrogen) atoms. The largest absolute Gasteiger partial charge is 0.465 e. The van der Waals surface area contributed by atoms with Crippen molar-refractivity contribution in [2.75, 3.05) is 36.8 Å². The van der Waals surface area contributed by atoms with E-state index in [1.165, 1.54) is 7.11 Å². The number of ether oxygens (including phenoxy) is 1. The first-order valence-electron chi connectivity index (χ1n) is 5.70. The fourth-order valence-electron chi connectivity index (χ4n) is 1.68. The van der Waals surface area contributed by atoms with E-state index >= 15 is 0 Å². The van der Waals surface area contributed by atoms with Gasteiger partial charge in [-0.1, -0.05) is 0 Å². The molecule has 0 aliphatic heterocycles. The first kappa shape index (κ1) is 14.7. The van der Waals surface area contributed by atoms with Crippen LogP contribution in [0, 0.1) is 0 Å². The molecule has 1 unspecified atom stereocenters.